The zero-order chi connectivity index (χ0) is 23.4. The second-order valence-electron chi connectivity index (χ2n) is 8.77. The maximum atomic E-state index is 12.7. The Hall–Kier alpha value is -3.35. The normalized spacial score (nSPS) is 20.3. The molecular weight excluding hydrogens is 420 g/mol. The number of ether oxygens (including phenoxy) is 1. The number of rotatable bonds is 7. The molecule has 7 nitrogen and oxygen atoms in total. The number of hydrogen-bond donors (Lipinski definition) is 3. The lowest BCUT2D eigenvalue weighted by atomic mass is 9.83. The van der Waals surface area contributed by atoms with Crippen LogP contribution in [0.4, 0.5) is 4.79 Å². The van der Waals surface area contributed by atoms with Crippen molar-refractivity contribution in [2.24, 2.45) is 5.92 Å². The summed E-state index contributed by atoms with van der Waals surface area (Å²) in [5, 5.41) is 14.7. The Morgan fingerprint density at radius 3 is 2.21 bits per heavy atom. The van der Waals surface area contributed by atoms with Crippen molar-refractivity contribution in [2.45, 2.75) is 57.0 Å². The minimum Gasteiger partial charge on any atom is -0.480 e. The average Bonchev–Trinajstić information content (AvgIpc) is 3.15. The third-order valence-electron chi connectivity index (χ3n) is 6.77. The fraction of sp³-hybridized carbons (Fsp3) is 0.423. The molecule has 0 bridgehead atoms. The maximum Gasteiger partial charge on any atom is 0.407 e. The van der Waals surface area contributed by atoms with E-state index in [2.05, 4.69) is 34.9 Å². The van der Waals surface area contributed by atoms with Gasteiger partial charge in [-0.1, -0.05) is 68.3 Å². The minimum atomic E-state index is -1.05. The van der Waals surface area contributed by atoms with Crippen molar-refractivity contribution < 1.29 is 24.2 Å². The number of benzene rings is 2. The van der Waals surface area contributed by atoms with Crippen LogP contribution in [0.5, 0.6) is 0 Å². The highest BCUT2D eigenvalue weighted by molar-refractivity contribution is 5.86. The van der Waals surface area contributed by atoms with Crippen molar-refractivity contribution in [3.05, 3.63) is 59.7 Å². The molecule has 1 saturated carbocycles. The van der Waals surface area contributed by atoms with Crippen molar-refractivity contribution in [3.8, 4) is 11.1 Å². The van der Waals surface area contributed by atoms with Crippen molar-refractivity contribution >= 4 is 18.0 Å². The number of amides is 2. The molecule has 0 spiro atoms. The third kappa shape index (κ3) is 4.87. The van der Waals surface area contributed by atoms with Gasteiger partial charge in [0.15, 0.2) is 0 Å². The molecule has 2 amide bonds. The zero-order valence-corrected chi connectivity index (χ0v) is 18.8. The lowest BCUT2D eigenvalue weighted by molar-refractivity contribution is -0.143. The van der Waals surface area contributed by atoms with Crippen LogP contribution in [-0.2, 0) is 14.3 Å². The molecule has 2 aliphatic rings. The number of carbonyl (C=O) groups is 3. The Labute approximate surface area is 193 Å². The minimum absolute atomic E-state index is 0.0329. The molecule has 0 unspecified atom stereocenters. The predicted molar refractivity (Wildman–Crippen MR) is 124 cm³/mol. The SMILES string of the molecule is CC[C@H](NC(=O)[C@@H]1CCCC[C@@H]1NC(=O)OCC1c2ccccc2-c2ccccc21)C(=O)O. The first kappa shape index (κ1) is 22.8. The highest BCUT2D eigenvalue weighted by Gasteiger charge is 2.35. The number of carboxylic acids is 1. The summed E-state index contributed by atoms with van der Waals surface area (Å²) in [4.78, 5) is 36.7. The quantitative estimate of drug-likeness (QED) is 0.590. The van der Waals surface area contributed by atoms with Gasteiger partial charge >= 0.3 is 12.1 Å². The number of hydrogen-bond acceptors (Lipinski definition) is 4. The molecule has 2 aliphatic carbocycles. The fourth-order valence-corrected chi connectivity index (χ4v) is 5.03. The number of aliphatic carboxylic acids is 1. The van der Waals surface area contributed by atoms with Gasteiger partial charge < -0.3 is 20.5 Å². The first-order valence-corrected chi connectivity index (χ1v) is 11.6. The summed E-state index contributed by atoms with van der Waals surface area (Å²) in [7, 11) is 0. The van der Waals surface area contributed by atoms with Gasteiger partial charge in [0.05, 0.1) is 5.92 Å². The van der Waals surface area contributed by atoms with Crippen LogP contribution in [-0.4, -0.2) is 41.8 Å². The molecular formula is C26H30N2O5. The summed E-state index contributed by atoms with van der Waals surface area (Å²) in [6, 6.07) is 15.0. The Kier molecular flexibility index (Phi) is 6.96. The monoisotopic (exact) mass is 450 g/mol. The van der Waals surface area contributed by atoms with E-state index in [-0.39, 0.29) is 24.5 Å². The van der Waals surface area contributed by atoms with Gasteiger partial charge in [0.1, 0.15) is 12.6 Å². The van der Waals surface area contributed by atoms with E-state index in [1.807, 2.05) is 24.3 Å². The van der Waals surface area contributed by atoms with Gasteiger partial charge in [-0.2, -0.15) is 0 Å². The van der Waals surface area contributed by atoms with Crippen LogP contribution in [0, 0.1) is 5.92 Å². The lowest BCUT2D eigenvalue weighted by Crippen LogP contribution is -2.51. The topological polar surface area (TPSA) is 105 Å². The van der Waals surface area contributed by atoms with E-state index >= 15 is 0 Å². The van der Waals surface area contributed by atoms with E-state index in [0.717, 1.165) is 35.1 Å². The zero-order valence-electron chi connectivity index (χ0n) is 18.8. The van der Waals surface area contributed by atoms with Gasteiger partial charge in [0.25, 0.3) is 0 Å². The Balaban J connectivity index is 1.39. The first-order valence-electron chi connectivity index (χ1n) is 11.6. The van der Waals surface area contributed by atoms with Gasteiger partial charge in [-0.3, -0.25) is 4.79 Å². The van der Waals surface area contributed by atoms with Crippen molar-refractivity contribution in [1.29, 1.82) is 0 Å². The highest BCUT2D eigenvalue weighted by Crippen LogP contribution is 2.44. The molecule has 174 valence electrons. The predicted octanol–water partition coefficient (Wildman–Crippen LogP) is 4.06. The lowest BCUT2D eigenvalue weighted by Gasteiger charge is -2.31. The van der Waals surface area contributed by atoms with E-state index in [1.54, 1.807) is 6.92 Å². The number of fused-ring (bicyclic) bond motifs is 3. The third-order valence-corrected chi connectivity index (χ3v) is 6.77. The Morgan fingerprint density at radius 2 is 1.61 bits per heavy atom. The second kappa shape index (κ2) is 10.1. The summed E-state index contributed by atoms with van der Waals surface area (Å²) < 4.78 is 5.64. The molecule has 4 rings (SSSR count). The van der Waals surface area contributed by atoms with Gasteiger partial charge in [0, 0.05) is 12.0 Å². The molecule has 0 aromatic heterocycles. The van der Waals surface area contributed by atoms with Crippen molar-refractivity contribution in [3.63, 3.8) is 0 Å². The molecule has 0 aliphatic heterocycles. The van der Waals surface area contributed by atoms with Gasteiger partial charge in [0.2, 0.25) is 5.91 Å². The maximum absolute atomic E-state index is 12.7. The Bertz CT molecular complexity index is 991. The summed E-state index contributed by atoms with van der Waals surface area (Å²) in [6.07, 6.45) is 2.78. The molecule has 7 heteroatoms. The van der Waals surface area contributed by atoms with E-state index < -0.39 is 24.0 Å². The van der Waals surface area contributed by atoms with Crippen LogP contribution in [0.2, 0.25) is 0 Å². The molecule has 33 heavy (non-hydrogen) atoms. The van der Waals surface area contributed by atoms with Crippen LogP contribution in [0.1, 0.15) is 56.1 Å². The van der Waals surface area contributed by atoms with E-state index in [1.165, 1.54) is 0 Å². The molecule has 3 atom stereocenters. The van der Waals surface area contributed by atoms with Crippen LogP contribution in [0.15, 0.2) is 48.5 Å². The summed E-state index contributed by atoms with van der Waals surface area (Å²) in [5.74, 6) is -1.88. The Morgan fingerprint density at radius 1 is 1.00 bits per heavy atom. The summed E-state index contributed by atoms with van der Waals surface area (Å²) in [6.45, 7) is 1.92. The average molecular weight is 451 g/mol. The first-order chi connectivity index (χ1) is 16.0. The van der Waals surface area contributed by atoms with Gasteiger partial charge in [-0.15, -0.1) is 0 Å². The number of nitrogens with one attached hydrogen (secondary N) is 2. The van der Waals surface area contributed by atoms with E-state index in [0.29, 0.717) is 19.3 Å². The number of carboxylic acid groups (broad SMARTS) is 1. The van der Waals surface area contributed by atoms with Crippen LogP contribution in [0.25, 0.3) is 11.1 Å². The van der Waals surface area contributed by atoms with Crippen LogP contribution >= 0.6 is 0 Å². The van der Waals surface area contributed by atoms with Crippen molar-refractivity contribution in [1.82, 2.24) is 10.6 Å². The second-order valence-corrected chi connectivity index (χ2v) is 8.77. The summed E-state index contributed by atoms with van der Waals surface area (Å²) in [5.41, 5.74) is 4.60. The molecule has 0 radical (unpaired) electrons. The van der Waals surface area contributed by atoms with E-state index in [9.17, 15) is 19.5 Å². The fourth-order valence-electron chi connectivity index (χ4n) is 5.03. The standard InChI is InChI=1S/C26H30N2O5/c1-2-22(25(30)31)27-24(29)20-13-7-8-14-23(20)28-26(32)33-15-21-18-11-5-3-9-16(18)17-10-4-6-12-19(17)21/h3-6,9-12,20-23H,2,7-8,13-15H2,1H3,(H,27,29)(H,28,32)(H,30,31)/t20-,22+,23+/m1/s1. The largest absolute Gasteiger partial charge is 0.480 e. The molecule has 2 aromatic carbocycles. The van der Waals surface area contributed by atoms with E-state index in [4.69, 9.17) is 4.74 Å². The van der Waals surface area contributed by atoms with Crippen LogP contribution in [0.3, 0.4) is 0 Å². The molecule has 2 aromatic rings. The van der Waals surface area contributed by atoms with Gasteiger partial charge in [-0.05, 0) is 41.5 Å². The number of alkyl carbamates (subject to hydrolysis) is 1. The van der Waals surface area contributed by atoms with Gasteiger partial charge in [-0.25, -0.2) is 9.59 Å². The van der Waals surface area contributed by atoms with Crippen molar-refractivity contribution in [2.75, 3.05) is 6.61 Å². The molecule has 0 saturated heterocycles. The molecule has 3 N–H and O–H groups in total. The number of carbonyl (C=O) groups excluding carboxylic acids is 2. The molecule has 0 heterocycles. The van der Waals surface area contributed by atoms with Crippen LogP contribution < -0.4 is 10.6 Å². The smallest absolute Gasteiger partial charge is 0.407 e. The molecule has 1 fully saturated rings. The summed E-state index contributed by atoms with van der Waals surface area (Å²) >= 11 is 0. The highest BCUT2D eigenvalue weighted by atomic mass is 16.5.